The summed E-state index contributed by atoms with van der Waals surface area (Å²) in [6, 6.07) is 11.6. The number of halogens is 1. The number of anilines is 1. The highest BCUT2D eigenvalue weighted by Gasteiger charge is 2.12. The molecule has 24 heavy (non-hydrogen) atoms. The van der Waals surface area contributed by atoms with Crippen LogP contribution >= 0.6 is 11.6 Å². The zero-order chi connectivity index (χ0) is 17.5. The summed E-state index contributed by atoms with van der Waals surface area (Å²) in [4.78, 5) is 24.1. The minimum atomic E-state index is -0.415. The lowest BCUT2D eigenvalue weighted by atomic mass is 10.2. The maximum atomic E-state index is 12.2. The Balaban J connectivity index is 1.98. The van der Waals surface area contributed by atoms with Gasteiger partial charge in [0, 0.05) is 11.6 Å². The Morgan fingerprint density at radius 2 is 1.67 bits per heavy atom. The SMILES string of the molecule is COc1cc(OC)cc(C(=O)NCC(=O)Nc2ccccc2Cl)c1. The van der Waals surface area contributed by atoms with Gasteiger partial charge in [-0.15, -0.1) is 0 Å². The van der Waals surface area contributed by atoms with Crippen molar-refractivity contribution in [1.29, 1.82) is 0 Å². The predicted octanol–water partition coefficient (Wildman–Crippen LogP) is 2.73. The summed E-state index contributed by atoms with van der Waals surface area (Å²) in [5.74, 6) is 0.174. The minimum absolute atomic E-state index is 0.191. The molecular weight excluding hydrogens is 332 g/mol. The number of methoxy groups -OCH3 is 2. The van der Waals surface area contributed by atoms with Gasteiger partial charge in [0.15, 0.2) is 0 Å². The molecule has 126 valence electrons. The lowest BCUT2D eigenvalue weighted by Crippen LogP contribution is -2.32. The van der Waals surface area contributed by atoms with Gasteiger partial charge in [-0.3, -0.25) is 9.59 Å². The van der Waals surface area contributed by atoms with Gasteiger partial charge in [-0.05, 0) is 24.3 Å². The lowest BCUT2D eigenvalue weighted by Gasteiger charge is -2.10. The Bertz CT molecular complexity index is 727. The van der Waals surface area contributed by atoms with Gasteiger partial charge in [-0.1, -0.05) is 23.7 Å². The van der Waals surface area contributed by atoms with E-state index >= 15 is 0 Å². The zero-order valence-electron chi connectivity index (χ0n) is 13.3. The maximum absolute atomic E-state index is 12.2. The molecule has 0 fully saturated rings. The first-order valence-electron chi connectivity index (χ1n) is 7.09. The first kappa shape index (κ1) is 17.6. The molecule has 0 saturated carbocycles. The van der Waals surface area contributed by atoms with Crippen molar-refractivity contribution in [2.24, 2.45) is 0 Å². The Morgan fingerprint density at radius 3 is 2.25 bits per heavy atom. The standard InChI is InChI=1S/C17H17ClN2O4/c1-23-12-7-11(8-13(9-12)24-2)17(22)19-10-16(21)20-15-6-4-3-5-14(15)18/h3-9H,10H2,1-2H3,(H,19,22)(H,20,21). The van der Waals surface area contributed by atoms with E-state index in [4.69, 9.17) is 21.1 Å². The second kappa shape index (κ2) is 8.21. The highest BCUT2D eigenvalue weighted by Crippen LogP contribution is 2.22. The molecule has 2 amide bonds. The monoisotopic (exact) mass is 348 g/mol. The fourth-order valence-electron chi connectivity index (χ4n) is 1.96. The summed E-state index contributed by atoms with van der Waals surface area (Å²) in [5.41, 5.74) is 0.818. The minimum Gasteiger partial charge on any atom is -0.497 e. The molecule has 2 aromatic rings. The first-order valence-corrected chi connectivity index (χ1v) is 7.47. The summed E-state index contributed by atoms with van der Waals surface area (Å²) in [7, 11) is 2.99. The molecule has 2 aromatic carbocycles. The smallest absolute Gasteiger partial charge is 0.251 e. The van der Waals surface area contributed by atoms with Gasteiger partial charge in [0.05, 0.1) is 31.5 Å². The Morgan fingerprint density at radius 1 is 1.04 bits per heavy atom. The van der Waals surface area contributed by atoms with E-state index in [0.717, 1.165) is 0 Å². The summed E-state index contributed by atoms with van der Waals surface area (Å²) in [6.07, 6.45) is 0. The third-order valence-corrected chi connectivity index (χ3v) is 3.50. The fraction of sp³-hybridized carbons (Fsp3) is 0.176. The van der Waals surface area contributed by atoms with Crippen molar-refractivity contribution in [2.75, 3.05) is 26.1 Å². The molecule has 0 aliphatic heterocycles. The largest absolute Gasteiger partial charge is 0.497 e. The third kappa shape index (κ3) is 4.63. The van der Waals surface area contributed by atoms with E-state index < -0.39 is 5.91 Å². The van der Waals surface area contributed by atoms with Crippen molar-refractivity contribution < 1.29 is 19.1 Å². The van der Waals surface area contributed by atoms with Crippen LogP contribution in [0.3, 0.4) is 0 Å². The molecule has 0 aromatic heterocycles. The number of para-hydroxylation sites is 1. The summed E-state index contributed by atoms with van der Waals surface area (Å²) in [6.45, 7) is -0.191. The zero-order valence-corrected chi connectivity index (χ0v) is 14.0. The molecule has 0 atom stereocenters. The molecule has 7 heteroatoms. The number of hydrogen-bond donors (Lipinski definition) is 2. The van der Waals surface area contributed by atoms with Gasteiger partial charge in [0.1, 0.15) is 11.5 Å². The molecule has 0 aliphatic rings. The van der Waals surface area contributed by atoms with E-state index in [1.54, 1.807) is 42.5 Å². The number of carbonyl (C=O) groups is 2. The number of benzene rings is 2. The summed E-state index contributed by atoms with van der Waals surface area (Å²) in [5, 5.41) is 5.59. The van der Waals surface area contributed by atoms with Crippen LogP contribution in [0.2, 0.25) is 5.02 Å². The van der Waals surface area contributed by atoms with Gasteiger partial charge in [0.25, 0.3) is 5.91 Å². The molecule has 0 unspecified atom stereocenters. The van der Waals surface area contributed by atoms with Crippen LogP contribution in [0.5, 0.6) is 11.5 Å². The van der Waals surface area contributed by atoms with E-state index in [0.29, 0.717) is 27.8 Å². The number of ether oxygens (including phenoxy) is 2. The van der Waals surface area contributed by atoms with Gasteiger partial charge in [0.2, 0.25) is 5.91 Å². The van der Waals surface area contributed by atoms with Crippen LogP contribution in [0.25, 0.3) is 0 Å². The van der Waals surface area contributed by atoms with E-state index in [9.17, 15) is 9.59 Å². The van der Waals surface area contributed by atoms with Crippen molar-refractivity contribution in [1.82, 2.24) is 5.32 Å². The molecule has 2 N–H and O–H groups in total. The van der Waals surface area contributed by atoms with Crippen molar-refractivity contribution in [2.45, 2.75) is 0 Å². The van der Waals surface area contributed by atoms with Crippen molar-refractivity contribution in [3.63, 3.8) is 0 Å². The quantitative estimate of drug-likeness (QED) is 0.841. The predicted molar refractivity (Wildman–Crippen MR) is 92.0 cm³/mol. The van der Waals surface area contributed by atoms with Crippen LogP contribution < -0.4 is 20.1 Å². The second-order valence-corrected chi connectivity index (χ2v) is 5.22. The molecule has 0 heterocycles. The normalized spacial score (nSPS) is 9.96. The average Bonchev–Trinajstić information content (AvgIpc) is 2.61. The molecular formula is C17H17ClN2O4. The van der Waals surface area contributed by atoms with E-state index in [1.807, 2.05) is 0 Å². The van der Waals surface area contributed by atoms with Crippen LogP contribution in [0.15, 0.2) is 42.5 Å². The average molecular weight is 349 g/mol. The highest BCUT2D eigenvalue weighted by atomic mass is 35.5. The van der Waals surface area contributed by atoms with Crippen molar-refractivity contribution in [3.8, 4) is 11.5 Å². The molecule has 0 spiro atoms. The first-order chi connectivity index (χ1) is 11.5. The summed E-state index contributed by atoms with van der Waals surface area (Å²) < 4.78 is 10.2. The van der Waals surface area contributed by atoms with Crippen LogP contribution in [0.4, 0.5) is 5.69 Å². The molecule has 6 nitrogen and oxygen atoms in total. The number of nitrogens with one attached hydrogen (secondary N) is 2. The molecule has 0 saturated heterocycles. The maximum Gasteiger partial charge on any atom is 0.251 e. The van der Waals surface area contributed by atoms with Gasteiger partial charge < -0.3 is 20.1 Å². The van der Waals surface area contributed by atoms with Crippen LogP contribution in [-0.4, -0.2) is 32.6 Å². The number of amides is 2. The van der Waals surface area contributed by atoms with Gasteiger partial charge in [-0.2, -0.15) is 0 Å². The fourth-order valence-corrected chi connectivity index (χ4v) is 2.14. The van der Waals surface area contributed by atoms with E-state index in [1.165, 1.54) is 14.2 Å². The van der Waals surface area contributed by atoms with Gasteiger partial charge in [-0.25, -0.2) is 0 Å². The topological polar surface area (TPSA) is 76.7 Å². The van der Waals surface area contributed by atoms with Crippen molar-refractivity contribution >= 4 is 29.1 Å². The molecule has 0 aliphatic carbocycles. The Hall–Kier alpha value is -2.73. The Kier molecular flexibility index (Phi) is 6.03. The second-order valence-electron chi connectivity index (χ2n) is 4.81. The van der Waals surface area contributed by atoms with E-state index in [-0.39, 0.29) is 12.5 Å². The van der Waals surface area contributed by atoms with Crippen LogP contribution in [0.1, 0.15) is 10.4 Å². The molecule has 0 bridgehead atoms. The van der Waals surface area contributed by atoms with Crippen LogP contribution in [0, 0.1) is 0 Å². The molecule has 0 radical (unpaired) electrons. The number of hydrogen-bond acceptors (Lipinski definition) is 4. The number of rotatable bonds is 6. The number of carbonyl (C=O) groups excluding carboxylic acids is 2. The Labute approximate surface area is 144 Å². The van der Waals surface area contributed by atoms with Crippen molar-refractivity contribution in [3.05, 3.63) is 53.1 Å². The van der Waals surface area contributed by atoms with E-state index in [2.05, 4.69) is 10.6 Å². The third-order valence-electron chi connectivity index (χ3n) is 3.17. The van der Waals surface area contributed by atoms with Gasteiger partial charge >= 0.3 is 0 Å². The van der Waals surface area contributed by atoms with Crippen LogP contribution in [-0.2, 0) is 4.79 Å². The summed E-state index contributed by atoms with van der Waals surface area (Å²) >= 11 is 5.96. The molecule has 2 rings (SSSR count). The highest BCUT2D eigenvalue weighted by molar-refractivity contribution is 6.33. The lowest BCUT2D eigenvalue weighted by molar-refractivity contribution is -0.115.